The summed E-state index contributed by atoms with van der Waals surface area (Å²) in [5, 5.41) is 0. The van der Waals surface area contributed by atoms with Crippen molar-refractivity contribution in [2.45, 2.75) is 25.7 Å². The molecular weight excluding hydrogens is 230 g/mol. The lowest BCUT2D eigenvalue weighted by molar-refractivity contribution is 0.619. The van der Waals surface area contributed by atoms with E-state index in [0.29, 0.717) is 0 Å². The quantitative estimate of drug-likeness (QED) is 0.639. The Balaban J connectivity index is 2.22. The zero-order chi connectivity index (χ0) is 12.5. The molecule has 0 aromatic heterocycles. The van der Waals surface area contributed by atoms with Gasteiger partial charge in [0.25, 0.3) is 0 Å². The Kier molecular flexibility index (Phi) is 2.86. The third-order valence-corrected chi connectivity index (χ3v) is 3.57. The van der Waals surface area contributed by atoms with Gasteiger partial charge in [0.2, 0.25) is 0 Å². The molecule has 2 aromatic carbocycles. The maximum Gasteiger partial charge on any atom is 0.123 e. The third kappa shape index (κ3) is 2.03. The molecule has 0 unspecified atom stereocenters. The molecule has 0 N–H and O–H groups in total. The zero-order valence-electron chi connectivity index (χ0n) is 10.0. The Bertz CT molecular complexity index is 534. The molecule has 0 amide bonds. The lowest BCUT2D eigenvalue weighted by Gasteiger charge is -2.17. The van der Waals surface area contributed by atoms with Crippen molar-refractivity contribution in [3.63, 3.8) is 0 Å². The second-order valence-electron chi connectivity index (χ2n) is 4.81. The summed E-state index contributed by atoms with van der Waals surface area (Å²) in [6, 6.07) is 9.79. The SMILES string of the molecule is Fc1ccc2c(c1)CCCCc1cc(F)ccc1-2. The lowest BCUT2D eigenvalue weighted by Crippen LogP contribution is -2.01. The first-order valence-corrected chi connectivity index (χ1v) is 6.31. The van der Waals surface area contributed by atoms with Gasteiger partial charge in [-0.2, -0.15) is 0 Å². The Morgan fingerprint density at radius 2 is 1.11 bits per heavy atom. The normalized spacial score (nSPS) is 14.3. The van der Waals surface area contributed by atoms with Crippen LogP contribution in [0, 0.1) is 11.6 Å². The molecule has 0 nitrogen and oxygen atoms in total. The van der Waals surface area contributed by atoms with Crippen LogP contribution in [0.1, 0.15) is 24.0 Å². The smallest absolute Gasteiger partial charge is 0.123 e. The van der Waals surface area contributed by atoms with E-state index >= 15 is 0 Å². The molecule has 92 valence electrons. The highest BCUT2D eigenvalue weighted by molar-refractivity contribution is 5.71. The fourth-order valence-electron chi connectivity index (χ4n) is 2.69. The maximum absolute atomic E-state index is 13.3. The average molecular weight is 244 g/mol. The van der Waals surface area contributed by atoms with E-state index in [1.54, 1.807) is 12.1 Å². The van der Waals surface area contributed by atoms with Crippen LogP contribution in [0.5, 0.6) is 0 Å². The highest BCUT2D eigenvalue weighted by atomic mass is 19.1. The van der Waals surface area contributed by atoms with Crippen LogP contribution >= 0.6 is 0 Å². The van der Waals surface area contributed by atoms with Crippen molar-refractivity contribution < 1.29 is 8.78 Å². The molecule has 0 atom stereocenters. The second kappa shape index (κ2) is 4.52. The molecule has 0 heterocycles. The van der Waals surface area contributed by atoms with Crippen molar-refractivity contribution in [2.75, 3.05) is 0 Å². The molecule has 0 fully saturated rings. The summed E-state index contributed by atoms with van der Waals surface area (Å²) in [4.78, 5) is 0. The van der Waals surface area contributed by atoms with E-state index < -0.39 is 0 Å². The Morgan fingerprint density at radius 1 is 0.667 bits per heavy atom. The summed E-state index contributed by atoms with van der Waals surface area (Å²) >= 11 is 0. The summed E-state index contributed by atoms with van der Waals surface area (Å²) in [7, 11) is 0. The van der Waals surface area contributed by atoms with Crippen molar-refractivity contribution in [2.24, 2.45) is 0 Å². The van der Waals surface area contributed by atoms with Crippen LogP contribution in [0.15, 0.2) is 36.4 Å². The van der Waals surface area contributed by atoms with E-state index in [1.165, 1.54) is 12.1 Å². The summed E-state index contributed by atoms with van der Waals surface area (Å²) in [6.45, 7) is 0. The van der Waals surface area contributed by atoms with E-state index in [2.05, 4.69) is 0 Å². The first-order valence-electron chi connectivity index (χ1n) is 6.31. The summed E-state index contributed by atoms with van der Waals surface area (Å²) in [5.41, 5.74) is 4.15. The number of hydrogen-bond donors (Lipinski definition) is 0. The standard InChI is InChI=1S/C16H14F2/c17-13-5-7-15-11(9-13)3-1-2-4-12-10-14(18)6-8-16(12)15/h5-10H,1-4H2. The monoisotopic (exact) mass is 244 g/mol. The predicted octanol–water partition coefficient (Wildman–Crippen LogP) is 4.51. The van der Waals surface area contributed by atoms with E-state index in [1.807, 2.05) is 12.1 Å². The third-order valence-electron chi connectivity index (χ3n) is 3.57. The molecular formula is C16H14F2. The van der Waals surface area contributed by atoms with Gasteiger partial charge in [0, 0.05) is 0 Å². The molecule has 0 radical (unpaired) electrons. The van der Waals surface area contributed by atoms with Gasteiger partial charge in [-0.3, -0.25) is 0 Å². The fraction of sp³-hybridized carbons (Fsp3) is 0.250. The molecule has 0 saturated heterocycles. The van der Waals surface area contributed by atoms with E-state index in [-0.39, 0.29) is 11.6 Å². The molecule has 2 heteroatoms. The largest absolute Gasteiger partial charge is 0.207 e. The first-order chi connectivity index (χ1) is 8.74. The van der Waals surface area contributed by atoms with Gasteiger partial charge in [-0.25, -0.2) is 8.78 Å². The van der Waals surface area contributed by atoms with Crippen molar-refractivity contribution >= 4 is 0 Å². The molecule has 1 aliphatic carbocycles. The highest BCUT2D eigenvalue weighted by Gasteiger charge is 2.14. The van der Waals surface area contributed by atoms with E-state index in [4.69, 9.17) is 0 Å². The minimum absolute atomic E-state index is 0.196. The Hall–Kier alpha value is -1.70. The minimum atomic E-state index is -0.196. The van der Waals surface area contributed by atoms with E-state index in [9.17, 15) is 8.78 Å². The number of halogens is 2. The number of benzene rings is 2. The molecule has 0 saturated carbocycles. The molecule has 2 aromatic rings. The minimum Gasteiger partial charge on any atom is -0.207 e. The molecule has 0 aliphatic heterocycles. The first kappa shape index (κ1) is 11.4. The maximum atomic E-state index is 13.3. The summed E-state index contributed by atoms with van der Waals surface area (Å²) in [5.74, 6) is -0.393. The van der Waals surface area contributed by atoms with Crippen molar-refractivity contribution in [1.82, 2.24) is 0 Å². The van der Waals surface area contributed by atoms with Crippen molar-refractivity contribution in [3.8, 4) is 11.1 Å². The number of fused-ring (bicyclic) bond motifs is 3. The molecule has 3 rings (SSSR count). The highest BCUT2D eigenvalue weighted by Crippen LogP contribution is 2.32. The van der Waals surface area contributed by atoms with E-state index in [0.717, 1.165) is 47.9 Å². The van der Waals surface area contributed by atoms with Crippen LogP contribution in [0.4, 0.5) is 8.78 Å². The van der Waals surface area contributed by atoms with Crippen LogP contribution in [0.3, 0.4) is 0 Å². The van der Waals surface area contributed by atoms with Crippen molar-refractivity contribution in [3.05, 3.63) is 59.2 Å². The van der Waals surface area contributed by atoms with Gasteiger partial charge in [0.1, 0.15) is 11.6 Å². The second-order valence-corrected chi connectivity index (χ2v) is 4.81. The van der Waals surface area contributed by atoms with Crippen molar-refractivity contribution in [1.29, 1.82) is 0 Å². The van der Waals surface area contributed by atoms with Gasteiger partial charge in [0.05, 0.1) is 0 Å². The lowest BCUT2D eigenvalue weighted by atomic mass is 9.88. The van der Waals surface area contributed by atoms with Crippen LogP contribution < -0.4 is 0 Å². The van der Waals surface area contributed by atoms with Crippen LogP contribution in [0.25, 0.3) is 11.1 Å². The van der Waals surface area contributed by atoms with Gasteiger partial charge in [-0.05, 0) is 72.2 Å². The van der Waals surface area contributed by atoms with Gasteiger partial charge in [-0.1, -0.05) is 12.1 Å². The number of rotatable bonds is 0. The van der Waals surface area contributed by atoms with Gasteiger partial charge in [-0.15, -0.1) is 0 Å². The summed E-state index contributed by atoms with van der Waals surface area (Å²) < 4.78 is 26.6. The molecule has 18 heavy (non-hydrogen) atoms. The van der Waals surface area contributed by atoms with Gasteiger partial charge >= 0.3 is 0 Å². The molecule has 0 bridgehead atoms. The predicted molar refractivity (Wildman–Crippen MR) is 68.4 cm³/mol. The average Bonchev–Trinajstić information content (AvgIpc) is 2.33. The summed E-state index contributed by atoms with van der Waals surface area (Å²) in [6.07, 6.45) is 3.83. The van der Waals surface area contributed by atoms with Crippen LogP contribution in [-0.2, 0) is 12.8 Å². The Labute approximate surface area is 105 Å². The van der Waals surface area contributed by atoms with Crippen LogP contribution in [-0.4, -0.2) is 0 Å². The zero-order valence-corrected chi connectivity index (χ0v) is 10.0. The Morgan fingerprint density at radius 3 is 1.56 bits per heavy atom. The van der Waals surface area contributed by atoms with Gasteiger partial charge in [0.15, 0.2) is 0 Å². The molecule has 0 spiro atoms. The number of hydrogen-bond acceptors (Lipinski definition) is 0. The van der Waals surface area contributed by atoms with Crippen LogP contribution in [0.2, 0.25) is 0 Å². The topological polar surface area (TPSA) is 0 Å². The number of aryl methyl sites for hydroxylation is 2. The fourth-order valence-corrected chi connectivity index (χ4v) is 2.69. The molecule has 1 aliphatic rings. The van der Waals surface area contributed by atoms with Gasteiger partial charge < -0.3 is 0 Å².